The molecule has 1 fully saturated rings. The van der Waals surface area contributed by atoms with Gasteiger partial charge in [0.25, 0.3) is 0 Å². The first-order chi connectivity index (χ1) is 10.2. The summed E-state index contributed by atoms with van der Waals surface area (Å²) < 4.78 is 0. The fraction of sp³-hybridized carbons (Fsp3) is 0.500. The Labute approximate surface area is 130 Å². The van der Waals surface area contributed by atoms with Gasteiger partial charge in [-0.1, -0.05) is 37.3 Å². The number of piperazine rings is 1. The molecule has 21 heavy (non-hydrogen) atoms. The molecule has 1 aromatic rings. The number of amides is 2. The van der Waals surface area contributed by atoms with E-state index in [2.05, 4.69) is 5.32 Å². The Bertz CT molecular complexity index is 492. The van der Waals surface area contributed by atoms with E-state index in [0.717, 1.165) is 17.7 Å². The first-order valence-corrected chi connectivity index (χ1v) is 8.73. The molecule has 1 aliphatic heterocycles. The van der Waals surface area contributed by atoms with Gasteiger partial charge in [0.05, 0.1) is 0 Å². The Hall–Kier alpha value is -1.49. The smallest absolute Gasteiger partial charge is 0.248 e. The van der Waals surface area contributed by atoms with Crippen LogP contribution >= 0.6 is 11.8 Å². The normalized spacial score (nSPS) is 22.3. The minimum Gasteiger partial charge on any atom is -0.342 e. The third-order valence-electron chi connectivity index (χ3n) is 3.73. The van der Waals surface area contributed by atoms with E-state index >= 15 is 0 Å². The van der Waals surface area contributed by atoms with Crippen LogP contribution in [-0.4, -0.2) is 41.3 Å². The topological polar surface area (TPSA) is 49.4 Å². The summed E-state index contributed by atoms with van der Waals surface area (Å²) in [7, 11) is 0. The van der Waals surface area contributed by atoms with Gasteiger partial charge in [-0.3, -0.25) is 9.59 Å². The Kier molecular flexibility index (Phi) is 5.67. The number of carbonyl (C=O) groups excluding carboxylic acids is 2. The summed E-state index contributed by atoms with van der Waals surface area (Å²) >= 11 is 1.76. The van der Waals surface area contributed by atoms with Crippen molar-refractivity contribution in [2.24, 2.45) is 0 Å². The van der Waals surface area contributed by atoms with Crippen molar-refractivity contribution in [2.75, 3.05) is 18.6 Å². The molecule has 1 aliphatic rings. The van der Waals surface area contributed by atoms with E-state index in [1.54, 1.807) is 16.7 Å². The van der Waals surface area contributed by atoms with Gasteiger partial charge in [0.1, 0.15) is 12.1 Å². The number of rotatable bonds is 6. The lowest BCUT2D eigenvalue weighted by atomic mass is 9.98. The largest absolute Gasteiger partial charge is 0.342 e. The molecule has 2 atom stereocenters. The highest BCUT2D eigenvalue weighted by molar-refractivity contribution is 7.98. The molecule has 1 saturated heterocycles. The number of benzene rings is 1. The maximum Gasteiger partial charge on any atom is 0.248 e. The van der Waals surface area contributed by atoms with Gasteiger partial charge in [-0.2, -0.15) is 11.8 Å². The zero-order chi connectivity index (χ0) is 15.2. The van der Waals surface area contributed by atoms with Crippen molar-refractivity contribution < 1.29 is 9.59 Å². The van der Waals surface area contributed by atoms with E-state index in [-0.39, 0.29) is 17.9 Å². The second-order valence-corrected chi connectivity index (χ2v) is 6.15. The molecule has 114 valence electrons. The van der Waals surface area contributed by atoms with Gasteiger partial charge in [0.15, 0.2) is 0 Å². The van der Waals surface area contributed by atoms with Crippen molar-refractivity contribution in [3.8, 4) is 0 Å². The molecular weight excluding hydrogens is 284 g/mol. The van der Waals surface area contributed by atoms with Crippen molar-refractivity contribution in [1.29, 1.82) is 0 Å². The van der Waals surface area contributed by atoms with Crippen LogP contribution in [0.4, 0.5) is 0 Å². The van der Waals surface area contributed by atoms with Gasteiger partial charge in [-0.05, 0) is 30.4 Å². The number of hydrogen-bond acceptors (Lipinski definition) is 3. The molecule has 4 nitrogen and oxygen atoms in total. The Balaban J connectivity index is 2.25. The minimum atomic E-state index is -0.497. The predicted octanol–water partition coefficient (Wildman–Crippen LogP) is 2.22. The van der Waals surface area contributed by atoms with E-state index in [4.69, 9.17) is 0 Å². The summed E-state index contributed by atoms with van der Waals surface area (Å²) in [6, 6.07) is 8.66. The van der Waals surface area contributed by atoms with Gasteiger partial charge in [-0.25, -0.2) is 0 Å². The molecule has 5 heteroatoms. The third kappa shape index (κ3) is 3.59. The maximum atomic E-state index is 12.6. The number of carbonyl (C=O) groups is 2. The molecule has 1 heterocycles. The fourth-order valence-corrected chi connectivity index (χ4v) is 3.06. The molecular formula is C16H22N2O2S. The van der Waals surface area contributed by atoms with E-state index in [9.17, 15) is 9.59 Å². The van der Waals surface area contributed by atoms with E-state index in [0.29, 0.717) is 13.0 Å². The third-order valence-corrected chi connectivity index (χ3v) is 4.43. The molecule has 2 amide bonds. The molecule has 1 N–H and O–H groups in total. The lowest BCUT2D eigenvalue weighted by Gasteiger charge is -2.39. The van der Waals surface area contributed by atoms with Crippen LogP contribution in [0.2, 0.25) is 0 Å². The van der Waals surface area contributed by atoms with Gasteiger partial charge < -0.3 is 10.2 Å². The van der Waals surface area contributed by atoms with Crippen LogP contribution < -0.4 is 5.32 Å². The molecule has 0 saturated carbocycles. The van der Waals surface area contributed by atoms with Crippen LogP contribution in [0.15, 0.2) is 30.3 Å². The highest BCUT2D eigenvalue weighted by atomic mass is 32.2. The SMILES string of the molecule is CCC1NC(=O)C(c2ccccc2)N(CCCSC)C1=O. The average molecular weight is 306 g/mol. The molecule has 0 aliphatic carbocycles. The summed E-state index contributed by atoms with van der Waals surface area (Å²) in [5, 5.41) is 2.85. The molecule has 2 rings (SSSR count). The molecule has 0 bridgehead atoms. The van der Waals surface area contributed by atoms with Crippen LogP contribution in [0.3, 0.4) is 0 Å². The van der Waals surface area contributed by atoms with Crippen molar-refractivity contribution >= 4 is 23.6 Å². The highest BCUT2D eigenvalue weighted by Crippen LogP contribution is 2.26. The zero-order valence-corrected chi connectivity index (χ0v) is 13.4. The van der Waals surface area contributed by atoms with E-state index in [1.807, 2.05) is 43.5 Å². The summed E-state index contributed by atoms with van der Waals surface area (Å²) in [5.41, 5.74) is 0.877. The minimum absolute atomic E-state index is 0.0343. The van der Waals surface area contributed by atoms with Gasteiger partial charge in [0, 0.05) is 6.54 Å². The van der Waals surface area contributed by atoms with E-state index < -0.39 is 6.04 Å². The summed E-state index contributed by atoms with van der Waals surface area (Å²) in [6.07, 6.45) is 3.58. The first kappa shape index (κ1) is 15.9. The van der Waals surface area contributed by atoms with Gasteiger partial charge in [0.2, 0.25) is 11.8 Å². The van der Waals surface area contributed by atoms with Crippen LogP contribution in [0.1, 0.15) is 31.4 Å². The highest BCUT2D eigenvalue weighted by Gasteiger charge is 2.40. The molecule has 0 spiro atoms. The number of thioether (sulfide) groups is 1. The summed E-state index contributed by atoms with van der Waals surface area (Å²) in [4.78, 5) is 26.8. The number of hydrogen-bond donors (Lipinski definition) is 1. The number of nitrogens with one attached hydrogen (secondary N) is 1. The van der Waals surface area contributed by atoms with Crippen LogP contribution in [0, 0.1) is 0 Å². The lowest BCUT2D eigenvalue weighted by Crippen LogP contribution is -2.59. The summed E-state index contributed by atoms with van der Waals surface area (Å²) in [5.74, 6) is 0.952. The zero-order valence-electron chi connectivity index (χ0n) is 12.5. The van der Waals surface area contributed by atoms with E-state index in [1.165, 1.54) is 0 Å². The van der Waals surface area contributed by atoms with Crippen LogP contribution in [0.5, 0.6) is 0 Å². The monoisotopic (exact) mass is 306 g/mol. The molecule has 2 unspecified atom stereocenters. The Morgan fingerprint density at radius 2 is 1.95 bits per heavy atom. The first-order valence-electron chi connectivity index (χ1n) is 7.33. The summed E-state index contributed by atoms with van der Waals surface area (Å²) in [6.45, 7) is 2.55. The van der Waals surface area contributed by atoms with Crippen molar-refractivity contribution in [3.05, 3.63) is 35.9 Å². The lowest BCUT2D eigenvalue weighted by molar-refractivity contribution is -0.149. The van der Waals surface area contributed by atoms with Crippen LogP contribution in [-0.2, 0) is 9.59 Å². The van der Waals surface area contributed by atoms with Crippen molar-refractivity contribution in [2.45, 2.75) is 31.8 Å². The van der Waals surface area contributed by atoms with Gasteiger partial charge in [-0.15, -0.1) is 0 Å². The molecule has 1 aromatic carbocycles. The Morgan fingerprint density at radius 1 is 1.24 bits per heavy atom. The second-order valence-electron chi connectivity index (χ2n) is 5.16. The van der Waals surface area contributed by atoms with Crippen molar-refractivity contribution in [1.82, 2.24) is 10.2 Å². The van der Waals surface area contributed by atoms with Crippen LogP contribution in [0.25, 0.3) is 0 Å². The van der Waals surface area contributed by atoms with Gasteiger partial charge >= 0.3 is 0 Å². The average Bonchev–Trinajstić information content (AvgIpc) is 2.51. The quantitative estimate of drug-likeness (QED) is 0.820. The number of nitrogens with zero attached hydrogens (tertiary/aromatic N) is 1. The van der Waals surface area contributed by atoms with Crippen molar-refractivity contribution in [3.63, 3.8) is 0 Å². The molecule has 0 radical (unpaired) electrons. The predicted molar refractivity (Wildman–Crippen MR) is 86.1 cm³/mol. The maximum absolute atomic E-state index is 12.6. The molecule has 0 aromatic heterocycles. The standard InChI is InChI=1S/C16H22N2O2S/c1-3-13-16(20)18(10-7-11-21-2)14(15(19)17-13)12-8-5-4-6-9-12/h4-6,8-9,13-14H,3,7,10-11H2,1-2H3,(H,17,19). The Morgan fingerprint density at radius 3 is 2.57 bits per heavy atom. The fourth-order valence-electron chi connectivity index (χ4n) is 2.64. The second kappa shape index (κ2) is 7.50.